The Bertz CT molecular complexity index is 1090. The summed E-state index contributed by atoms with van der Waals surface area (Å²) in [6, 6.07) is 0. The first-order chi connectivity index (χ1) is 32.0. The first-order valence-corrected chi connectivity index (χ1v) is 28.5. The molecule has 0 radical (unpaired) electrons. The number of unbranched alkanes of at least 4 members (excludes halogenated alkanes) is 35. The topological polar surface area (TPSA) is 78.9 Å². The van der Waals surface area contributed by atoms with E-state index in [0.29, 0.717) is 19.3 Å². The van der Waals surface area contributed by atoms with E-state index in [2.05, 4.69) is 57.2 Å². The Kier molecular flexibility index (Phi) is 52.3. The van der Waals surface area contributed by atoms with E-state index >= 15 is 0 Å². The summed E-state index contributed by atoms with van der Waals surface area (Å²) in [5, 5.41) is 0. The van der Waals surface area contributed by atoms with Crippen LogP contribution < -0.4 is 0 Å². The van der Waals surface area contributed by atoms with Gasteiger partial charge in [0.05, 0.1) is 0 Å². The smallest absolute Gasteiger partial charge is 0.306 e. The summed E-state index contributed by atoms with van der Waals surface area (Å²) >= 11 is 0. The van der Waals surface area contributed by atoms with Crippen molar-refractivity contribution < 1.29 is 28.6 Å². The van der Waals surface area contributed by atoms with E-state index in [0.717, 1.165) is 77.0 Å². The predicted molar refractivity (Wildman–Crippen MR) is 279 cm³/mol. The Morgan fingerprint density at radius 2 is 0.569 bits per heavy atom. The van der Waals surface area contributed by atoms with E-state index in [9.17, 15) is 14.4 Å². The number of carbonyl (C=O) groups excluding carboxylic acids is 3. The van der Waals surface area contributed by atoms with Crippen LogP contribution in [-0.2, 0) is 28.6 Å². The van der Waals surface area contributed by atoms with Gasteiger partial charge in [0.25, 0.3) is 0 Å². The number of rotatable bonds is 52. The van der Waals surface area contributed by atoms with Crippen molar-refractivity contribution in [2.75, 3.05) is 13.2 Å². The highest BCUT2D eigenvalue weighted by atomic mass is 16.6. The van der Waals surface area contributed by atoms with Gasteiger partial charge < -0.3 is 14.2 Å². The third-order valence-corrected chi connectivity index (χ3v) is 12.6. The molecular weight excluding hydrogens is 805 g/mol. The number of hydrogen-bond donors (Lipinski definition) is 0. The predicted octanol–water partition coefficient (Wildman–Crippen LogP) is 18.9. The lowest BCUT2D eigenvalue weighted by Gasteiger charge is -2.18. The first-order valence-electron chi connectivity index (χ1n) is 28.5. The minimum Gasteiger partial charge on any atom is -0.462 e. The zero-order valence-corrected chi connectivity index (χ0v) is 43.5. The third kappa shape index (κ3) is 52.5. The highest BCUT2D eigenvalue weighted by molar-refractivity contribution is 5.71. The Labute approximate surface area is 404 Å². The molecule has 0 aliphatic heterocycles. The summed E-state index contributed by atoms with van der Waals surface area (Å²) < 4.78 is 16.8. The van der Waals surface area contributed by atoms with Gasteiger partial charge in [-0.2, -0.15) is 0 Å². The van der Waals surface area contributed by atoms with E-state index < -0.39 is 6.10 Å². The van der Waals surface area contributed by atoms with Crippen LogP contribution in [0.15, 0.2) is 36.5 Å². The number of allylic oxidation sites excluding steroid dienone is 6. The number of carbonyl (C=O) groups is 3. The van der Waals surface area contributed by atoms with Gasteiger partial charge in [0, 0.05) is 19.3 Å². The average Bonchev–Trinajstić information content (AvgIpc) is 3.30. The molecular formula is C59H108O6. The van der Waals surface area contributed by atoms with Gasteiger partial charge in [-0.25, -0.2) is 0 Å². The summed E-state index contributed by atoms with van der Waals surface area (Å²) in [6.45, 7) is 6.60. The van der Waals surface area contributed by atoms with Crippen molar-refractivity contribution in [3.05, 3.63) is 36.5 Å². The molecule has 0 aromatic rings. The van der Waals surface area contributed by atoms with Crippen LogP contribution in [-0.4, -0.2) is 37.2 Å². The molecule has 0 aromatic carbocycles. The molecule has 0 rings (SSSR count). The largest absolute Gasteiger partial charge is 0.462 e. The second-order valence-electron chi connectivity index (χ2n) is 19.2. The van der Waals surface area contributed by atoms with Crippen molar-refractivity contribution in [2.45, 2.75) is 309 Å². The summed E-state index contributed by atoms with van der Waals surface area (Å²) in [7, 11) is 0. The molecule has 380 valence electrons. The SMILES string of the molecule is CCCC/C=C\CCCCCCCC(=O)OCC(COC(=O)CCCCCCCCCCCCCCCCCCCCC)OC(=O)CCCCCCCCC/C=C\C/C=C\CCCCC. The second-order valence-corrected chi connectivity index (χ2v) is 19.2. The highest BCUT2D eigenvalue weighted by Gasteiger charge is 2.19. The lowest BCUT2D eigenvalue weighted by Crippen LogP contribution is -2.30. The van der Waals surface area contributed by atoms with Gasteiger partial charge >= 0.3 is 17.9 Å². The molecule has 0 bridgehead atoms. The van der Waals surface area contributed by atoms with Crippen LogP contribution in [0.4, 0.5) is 0 Å². The van der Waals surface area contributed by atoms with Crippen LogP contribution in [0.2, 0.25) is 0 Å². The van der Waals surface area contributed by atoms with Gasteiger partial charge in [-0.05, 0) is 70.6 Å². The fraction of sp³-hybridized carbons (Fsp3) is 0.847. The molecule has 0 amide bonds. The zero-order valence-electron chi connectivity index (χ0n) is 43.5. The number of hydrogen-bond acceptors (Lipinski definition) is 6. The van der Waals surface area contributed by atoms with Gasteiger partial charge in [-0.1, -0.05) is 250 Å². The van der Waals surface area contributed by atoms with Crippen molar-refractivity contribution >= 4 is 17.9 Å². The van der Waals surface area contributed by atoms with Crippen molar-refractivity contribution in [1.82, 2.24) is 0 Å². The summed E-state index contributed by atoms with van der Waals surface area (Å²) in [6.07, 6.45) is 64.2. The Morgan fingerprint density at radius 1 is 0.308 bits per heavy atom. The maximum absolute atomic E-state index is 12.8. The molecule has 65 heavy (non-hydrogen) atoms. The standard InChI is InChI=1S/C59H108O6/c1-4-7-10-13-16-19-22-24-26-28-29-31-32-34-37-40-43-46-49-52-58(61)64-55-56(54-63-57(60)51-48-45-42-39-36-21-18-15-12-9-6-3)65-59(62)53-50-47-44-41-38-35-33-30-27-25-23-20-17-14-11-8-5-2/h15,17-18,20,25,27,56H,4-14,16,19,21-24,26,28-55H2,1-3H3/b18-15-,20-17-,27-25-. The Hall–Kier alpha value is -2.37. The van der Waals surface area contributed by atoms with Gasteiger partial charge in [0.15, 0.2) is 6.10 Å². The average molecular weight is 914 g/mol. The molecule has 1 unspecified atom stereocenters. The van der Waals surface area contributed by atoms with Crippen LogP contribution in [0.5, 0.6) is 0 Å². The lowest BCUT2D eigenvalue weighted by atomic mass is 10.0. The van der Waals surface area contributed by atoms with Crippen LogP contribution in [0.1, 0.15) is 303 Å². The Morgan fingerprint density at radius 3 is 0.938 bits per heavy atom. The molecule has 0 fully saturated rings. The molecule has 0 N–H and O–H groups in total. The van der Waals surface area contributed by atoms with E-state index in [1.807, 2.05) is 0 Å². The van der Waals surface area contributed by atoms with Gasteiger partial charge in [0.1, 0.15) is 13.2 Å². The van der Waals surface area contributed by atoms with Crippen LogP contribution in [0, 0.1) is 0 Å². The molecule has 1 atom stereocenters. The van der Waals surface area contributed by atoms with Crippen molar-refractivity contribution in [2.24, 2.45) is 0 Å². The molecule has 0 saturated heterocycles. The molecule has 0 heterocycles. The molecule has 0 aliphatic carbocycles. The fourth-order valence-electron chi connectivity index (χ4n) is 8.28. The maximum atomic E-state index is 12.8. The maximum Gasteiger partial charge on any atom is 0.306 e. The second kappa shape index (κ2) is 54.2. The monoisotopic (exact) mass is 913 g/mol. The summed E-state index contributed by atoms with van der Waals surface area (Å²) in [4.78, 5) is 38.1. The van der Waals surface area contributed by atoms with E-state index in [1.54, 1.807) is 0 Å². The molecule has 0 aromatic heterocycles. The van der Waals surface area contributed by atoms with Crippen LogP contribution >= 0.6 is 0 Å². The van der Waals surface area contributed by atoms with E-state index in [1.165, 1.54) is 186 Å². The molecule has 6 heteroatoms. The van der Waals surface area contributed by atoms with E-state index in [4.69, 9.17) is 14.2 Å². The molecule has 0 aliphatic rings. The van der Waals surface area contributed by atoms with Crippen LogP contribution in [0.25, 0.3) is 0 Å². The molecule has 6 nitrogen and oxygen atoms in total. The minimum absolute atomic E-state index is 0.0746. The van der Waals surface area contributed by atoms with Gasteiger partial charge in [-0.3, -0.25) is 14.4 Å². The van der Waals surface area contributed by atoms with Gasteiger partial charge in [0.2, 0.25) is 0 Å². The summed E-state index contributed by atoms with van der Waals surface area (Å²) in [5.74, 6) is -0.877. The normalized spacial score (nSPS) is 12.2. The van der Waals surface area contributed by atoms with Gasteiger partial charge in [-0.15, -0.1) is 0 Å². The highest BCUT2D eigenvalue weighted by Crippen LogP contribution is 2.16. The minimum atomic E-state index is -0.776. The lowest BCUT2D eigenvalue weighted by molar-refractivity contribution is -0.167. The molecule has 0 spiro atoms. The Balaban J connectivity index is 4.30. The first kappa shape index (κ1) is 62.6. The number of ether oxygens (including phenoxy) is 3. The van der Waals surface area contributed by atoms with E-state index in [-0.39, 0.29) is 31.1 Å². The van der Waals surface area contributed by atoms with Crippen LogP contribution in [0.3, 0.4) is 0 Å². The summed E-state index contributed by atoms with van der Waals surface area (Å²) in [5.41, 5.74) is 0. The quantitative estimate of drug-likeness (QED) is 0.0262. The fourth-order valence-corrected chi connectivity index (χ4v) is 8.28. The number of esters is 3. The van der Waals surface area contributed by atoms with Crippen molar-refractivity contribution in [3.8, 4) is 0 Å². The third-order valence-electron chi connectivity index (χ3n) is 12.6. The van der Waals surface area contributed by atoms with Crippen molar-refractivity contribution in [3.63, 3.8) is 0 Å². The molecule has 0 saturated carbocycles. The zero-order chi connectivity index (χ0) is 47.2. The van der Waals surface area contributed by atoms with Crippen molar-refractivity contribution in [1.29, 1.82) is 0 Å².